The van der Waals surface area contributed by atoms with Crippen LogP contribution >= 0.6 is 24.8 Å². The summed E-state index contributed by atoms with van der Waals surface area (Å²) in [6.45, 7) is 8.36. The fraction of sp³-hybridized carbons (Fsp3) is 0.467. The van der Waals surface area contributed by atoms with Gasteiger partial charge in [-0.1, -0.05) is 36.4 Å². The van der Waals surface area contributed by atoms with E-state index in [1.54, 1.807) is 0 Å². The summed E-state index contributed by atoms with van der Waals surface area (Å²) in [6.07, 6.45) is 4.29. The minimum Gasteiger partial charge on any atom is -0.314 e. The molecule has 1 aliphatic heterocycles. The molecule has 1 saturated heterocycles. The molecule has 0 aliphatic carbocycles. The van der Waals surface area contributed by atoms with Crippen LogP contribution in [0.15, 0.2) is 43.0 Å². The van der Waals surface area contributed by atoms with Crippen molar-refractivity contribution in [1.29, 1.82) is 0 Å². The highest BCUT2D eigenvalue weighted by Gasteiger charge is 2.20. The van der Waals surface area contributed by atoms with E-state index in [-0.39, 0.29) is 24.8 Å². The minimum atomic E-state index is 0. The third-order valence-corrected chi connectivity index (χ3v) is 3.42. The minimum absolute atomic E-state index is 0. The molecule has 1 atom stereocenters. The Labute approximate surface area is 129 Å². The molecule has 0 unspecified atom stereocenters. The summed E-state index contributed by atoms with van der Waals surface area (Å²) in [5.41, 5.74) is 1.44. The Morgan fingerprint density at radius 1 is 1.16 bits per heavy atom. The maximum absolute atomic E-state index is 3.84. The van der Waals surface area contributed by atoms with Gasteiger partial charge in [-0.25, -0.2) is 0 Å². The number of nitrogens with zero attached hydrogens (tertiary/aromatic N) is 1. The molecule has 0 aromatic heterocycles. The first-order chi connectivity index (χ1) is 8.42. The predicted molar refractivity (Wildman–Crippen MR) is 87.6 cm³/mol. The highest BCUT2D eigenvalue weighted by molar-refractivity contribution is 5.85. The summed E-state index contributed by atoms with van der Waals surface area (Å²) < 4.78 is 0. The lowest BCUT2D eigenvalue weighted by atomic mass is 9.99. The standard InChI is InChI=1S/C15H22N2.2ClH/c1-2-3-9-15(14-7-5-4-6-8-14)17-12-10-16-11-13-17;;/h2,4-8,15-16H,1,3,9-13H2;2*1H/t15-;;/m1../s1. The Kier molecular flexibility index (Phi) is 9.98. The molecular weight excluding hydrogens is 279 g/mol. The Bertz CT molecular complexity index is 337. The van der Waals surface area contributed by atoms with Crippen molar-refractivity contribution in [1.82, 2.24) is 10.2 Å². The van der Waals surface area contributed by atoms with Gasteiger partial charge in [-0.2, -0.15) is 0 Å². The molecule has 1 aromatic carbocycles. The SMILES string of the molecule is C=CCC[C@H](c1ccccc1)N1CCNCC1.Cl.Cl. The van der Waals surface area contributed by atoms with Crippen molar-refractivity contribution in [2.45, 2.75) is 18.9 Å². The smallest absolute Gasteiger partial charge is 0.0352 e. The number of benzene rings is 1. The first-order valence-corrected chi connectivity index (χ1v) is 6.52. The average molecular weight is 303 g/mol. The summed E-state index contributed by atoms with van der Waals surface area (Å²) in [7, 11) is 0. The van der Waals surface area contributed by atoms with Crippen LogP contribution in [0.1, 0.15) is 24.4 Å². The van der Waals surface area contributed by atoms with Crippen LogP contribution < -0.4 is 5.32 Å². The van der Waals surface area contributed by atoms with Crippen molar-refractivity contribution in [3.8, 4) is 0 Å². The van der Waals surface area contributed by atoms with E-state index in [9.17, 15) is 0 Å². The van der Waals surface area contributed by atoms with Crippen molar-refractivity contribution < 1.29 is 0 Å². The number of rotatable bonds is 5. The highest BCUT2D eigenvalue weighted by atomic mass is 35.5. The second kappa shape index (κ2) is 10.3. The van der Waals surface area contributed by atoms with Crippen molar-refractivity contribution >= 4 is 24.8 Å². The third-order valence-electron chi connectivity index (χ3n) is 3.42. The number of halogens is 2. The Morgan fingerprint density at radius 3 is 2.37 bits per heavy atom. The van der Waals surface area contributed by atoms with E-state index in [0.717, 1.165) is 32.6 Å². The van der Waals surface area contributed by atoms with E-state index in [4.69, 9.17) is 0 Å². The zero-order valence-corrected chi connectivity index (χ0v) is 12.9. The first-order valence-electron chi connectivity index (χ1n) is 6.52. The molecule has 1 fully saturated rings. The molecule has 0 radical (unpaired) electrons. The molecule has 0 saturated carbocycles. The zero-order valence-electron chi connectivity index (χ0n) is 11.3. The van der Waals surface area contributed by atoms with Gasteiger partial charge in [-0.3, -0.25) is 4.90 Å². The molecule has 2 rings (SSSR count). The maximum atomic E-state index is 3.84. The van der Waals surface area contributed by atoms with Crippen LogP contribution in [-0.2, 0) is 0 Å². The fourth-order valence-electron chi connectivity index (χ4n) is 2.50. The van der Waals surface area contributed by atoms with Gasteiger partial charge in [0, 0.05) is 32.2 Å². The highest BCUT2D eigenvalue weighted by Crippen LogP contribution is 2.25. The first kappa shape index (κ1) is 18.5. The summed E-state index contributed by atoms with van der Waals surface area (Å²) >= 11 is 0. The third kappa shape index (κ3) is 5.53. The van der Waals surface area contributed by atoms with Crippen LogP contribution in [0.4, 0.5) is 0 Å². The molecule has 1 N–H and O–H groups in total. The topological polar surface area (TPSA) is 15.3 Å². The molecule has 0 bridgehead atoms. The summed E-state index contributed by atoms with van der Waals surface area (Å²) in [4.78, 5) is 2.59. The van der Waals surface area contributed by atoms with Gasteiger partial charge in [0.2, 0.25) is 0 Å². The second-order valence-electron chi connectivity index (χ2n) is 4.58. The van der Waals surface area contributed by atoms with Crippen LogP contribution in [0.25, 0.3) is 0 Å². The van der Waals surface area contributed by atoms with Crippen LogP contribution in [0.5, 0.6) is 0 Å². The van der Waals surface area contributed by atoms with E-state index in [1.165, 1.54) is 12.0 Å². The molecule has 2 nitrogen and oxygen atoms in total. The number of nitrogens with one attached hydrogen (secondary N) is 1. The van der Waals surface area contributed by atoms with Gasteiger partial charge in [-0.05, 0) is 18.4 Å². The van der Waals surface area contributed by atoms with E-state index in [0.29, 0.717) is 6.04 Å². The molecule has 108 valence electrons. The van der Waals surface area contributed by atoms with Gasteiger partial charge >= 0.3 is 0 Å². The molecule has 1 aromatic rings. The second-order valence-corrected chi connectivity index (χ2v) is 4.58. The summed E-state index contributed by atoms with van der Waals surface area (Å²) in [5, 5.41) is 3.42. The van der Waals surface area contributed by atoms with Crippen molar-refractivity contribution in [3.63, 3.8) is 0 Å². The Hall–Kier alpha value is -0.540. The zero-order chi connectivity index (χ0) is 11.9. The molecule has 0 amide bonds. The monoisotopic (exact) mass is 302 g/mol. The fourth-order valence-corrected chi connectivity index (χ4v) is 2.50. The van der Waals surface area contributed by atoms with Gasteiger partial charge in [0.05, 0.1) is 0 Å². The molecule has 0 spiro atoms. The van der Waals surface area contributed by atoms with Gasteiger partial charge < -0.3 is 5.32 Å². The number of allylic oxidation sites excluding steroid dienone is 1. The lowest BCUT2D eigenvalue weighted by Crippen LogP contribution is -2.45. The summed E-state index contributed by atoms with van der Waals surface area (Å²) in [5.74, 6) is 0. The molecule has 1 aliphatic rings. The van der Waals surface area contributed by atoms with Crippen molar-refractivity contribution in [3.05, 3.63) is 48.6 Å². The molecule has 1 heterocycles. The quantitative estimate of drug-likeness (QED) is 0.838. The van der Waals surface area contributed by atoms with Gasteiger partial charge in [0.15, 0.2) is 0 Å². The predicted octanol–water partition coefficient (Wildman–Crippen LogP) is 3.44. The summed E-state index contributed by atoms with van der Waals surface area (Å²) in [6, 6.07) is 11.4. The molecular formula is C15H24Cl2N2. The van der Waals surface area contributed by atoms with Crippen LogP contribution in [0, 0.1) is 0 Å². The maximum Gasteiger partial charge on any atom is 0.0352 e. The molecule has 19 heavy (non-hydrogen) atoms. The van der Waals surface area contributed by atoms with E-state index in [1.807, 2.05) is 6.08 Å². The van der Waals surface area contributed by atoms with Gasteiger partial charge in [0.25, 0.3) is 0 Å². The van der Waals surface area contributed by atoms with Gasteiger partial charge in [0.1, 0.15) is 0 Å². The Balaban J connectivity index is 0.00000162. The normalized spacial score (nSPS) is 16.8. The van der Waals surface area contributed by atoms with Crippen molar-refractivity contribution in [2.24, 2.45) is 0 Å². The van der Waals surface area contributed by atoms with Crippen LogP contribution in [-0.4, -0.2) is 31.1 Å². The number of hydrogen-bond acceptors (Lipinski definition) is 2. The number of hydrogen-bond donors (Lipinski definition) is 1. The van der Waals surface area contributed by atoms with Crippen molar-refractivity contribution in [2.75, 3.05) is 26.2 Å². The lowest BCUT2D eigenvalue weighted by molar-refractivity contribution is 0.166. The van der Waals surface area contributed by atoms with Gasteiger partial charge in [-0.15, -0.1) is 31.4 Å². The van der Waals surface area contributed by atoms with E-state index >= 15 is 0 Å². The lowest BCUT2D eigenvalue weighted by Gasteiger charge is -2.35. The Morgan fingerprint density at radius 2 is 1.79 bits per heavy atom. The average Bonchev–Trinajstić information content (AvgIpc) is 2.42. The van der Waals surface area contributed by atoms with E-state index < -0.39 is 0 Å². The van der Waals surface area contributed by atoms with Crippen LogP contribution in [0.2, 0.25) is 0 Å². The van der Waals surface area contributed by atoms with Crippen LogP contribution in [0.3, 0.4) is 0 Å². The van der Waals surface area contributed by atoms with E-state index in [2.05, 4.69) is 47.1 Å². The number of piperazine rings is 1. The largest absolute Gasteiger partial charge is 0.314 e. The molecule has 4 heteroatoms.